The maximum absolute atomic E-state index is 10.7. The van der Waals surface area contributed by atoms with Gasteiger partial charge in [0.1, 0.15) is 16.9 Å². The second-order valence-corrected chi connectivity index (χ2v) is 4.22. The summed E-state index contributed by atoms with van der Waals surface area (Å²) in [6.45, 7) is 4.24. The van der Waals surface area contributed by atoms with Crippen LogP contribution in [0.5, 0.6) is 0 Å². The summed E-state index contributed by atoms with van der Waals surface area (Å²) < 4.78 is 0. The van der Waals surface area contributed by atoms with Gasteiger partial charge in [0.25, 0.3) is 0 Å². The fraction of sp³-hybridized carbons (Fsp3) is 0.417. The predicted molar refractivity (Wildman–Crippen MR) is 68.7 cm³/mol. The van der Waals surface area contributed by atoms with Crippen molar-refractivity contribution >= 4 is 23.4 Å². The largest absolute Gasteiger partial charge is 0.481 e. The number of nitrogens with zero attached hydrogens (tertiary/aromatic N) is 3. The van der Waals surface area contributed by atoms with Crippen molar-refractivity contribution < 1.29 is 9.90 Å². The summed E-state index contributed by atoms with van der Waals surface area (Å²) in [5.41, 5.74) is 0.336. The van der Waals surface area contributed by atoms with Crippen LogP contribution in [0.3, 0.4) is 0 Å². The summed E-state index contributed by atoms with van der Waals surface area (Å²) >= 11 is 6.09. The molecule has 1 heterocycles. The van der Waals surface area contributed by atoms with Crippen molar-refractivity contribution in [3.05, 3.63) is 22.8 Å². The quantitative estimate of drug-likeness (QED) is 0.886. The number of hydrogen-bond acceptors (Lipinski definition) is 4. The first-order chi connectivity index (χ1) is 8.51. The van der Waals surface area contributed by atoms with Crippen molar-refractivity contribution in [3.8, 4) is 6.07 Å². The average molecular weight is 268 g/mol. The van der Waals surface area contributed by atoms with Crippen molar-refractivity contribution in [3.63, 3.8) is 0 Å². The van der Waals surface area contributed by atoms with E-state index in [-0.39, 0.29) is 17.5 Å². The van der Waals surface area contributed by atoms with Gasteiger partial charge in [-0.3, -0.25) is 4.79 Å². The molecule has 1 aromatic heterocycles. The average Bonchev–Trinajstić information content (AvgIpc) is 2.31. The van der Waals surface area contributed by atoms with E-state index in [9.17, 15) is 4.79 Å². The van der Waals surface area contributed by atoms with Gasteiger partial charge in [-0.2, -0.15) is 5.26 Å². The molecule has 1 aromatic rings. The number of halogens is 1. The van der Waals surface area contributed by atoms with Crippen LogP contribution in [0.15, 0.2) is 12.3 Å². The van der Waals surface area contributed by atoms with Crippen LogP contribution in [0.2, 0.25) is 5.02 Å². The molecule has 0 spiro atoms. The molecule has 18 heavy (non-hydrogen) atoms. The minimum atomic E-state index is -0.881. The van der Waals surface area contributed by atoms with Gasteiger partial charge < -0.3 is 10.0 Å². The number of nitriles is 1. The van der Waals surface area contributed by atoms with Gasteiger partial charge in [-0.05, 0) is 19.9 Å². The molecule has 0 aliphatic heterocycles. The molecule has 0 aromatic carbocycles. The Morgan fingerprint density at radius 1 is 1.72 bits per heavy atom. The Morgan fingerprint density at radius 3 is 2.89 bits per heavy atom. The van der Waals surface area contributed by atoms with Crippen molar-refractivity contribution in [1.29, 1.82) is 5.26 Å². The number of aromatic nitrogens is 1. The molecule has 6 heteroatoms. The molecule has 1 atom stereocenters. The van der Waals surface area contributed by atoms with E-state index in [4.69, 9.17) is 22.0 Å². The molecular formula is C12H14ClN3O2. The third-order valence-corrected chi connectivity index (χ3v) is 2.98. The zero-order valence-corrected chi connectivity index (χ0v) is 11.0. The summed E-state index contributed by atoms with van der Waals surface area (Å²) in [6, 6.07) is 3.26. The number of rotatable bonds is 5. The van der Waals surface area contributed by atoms with Crippen molar-refractivity contribution in [2.45, 2.75) is 26.3 Å². The predicted octanol–water partition coefficient (Wildman–Crippen LogP) is 2.30. The zero-order chi connectivity index (χ0) is 13.7. The first-order valence-corrected chi connectivity index (χ1v) is 5.92. The van der Waals surface area contributed by atoms with Crippen LogP contribution in [0.4, 0.5) is 5.82 Å². The lowest BCUT2D eigenvalue weighted by atomic mass is 10.2. The molecule has 0 saturated heterocycles. The van der Waals surface area contributed by atoms with E-state index < -0.39 is 5.97 Å². The Hall–Kier alpha value is -1.80. The third kappa shape index (κ3) is 3.11. The fourth-order valence-electron chi connectivity index (χ4n) is 1.75. The van der Waals surface area contributed by atoms with Gasteiger partial charge in [-0.25, -0.2) is 4.98 Å². The molecule has 0 aliphatic rings. The molecule has 0 radical (unpaired) electrons. The van der Waals surface area contributed by atoms with Crippen LogP contribution < -0.4 is 4.90 Å². The lowest BCUT2D eigenvalue weighted by molar-refractivity contribution is -0.137. The minimum Gasteiger partial charge on any atom is -0.481 e. The third-order valence-electron chi connectivity index (χ3n) is 2.61. The van der Waals surface area contributed by atoms with E-state index in [0.717, 1.165) is 0 Å². The molecule has 1 N–H and O–H groups in total. The normalized spacial score (nSPS) is 11.7. The Labute approximate surface area is 111 Å². The molecule has 1 rings (SSSR count). The smallest absolute Gasteiger partial charge is 0.305 e. The van der Waals surface area contributed by atoms with Gasteiger partial charge in [0.05, 0.1) is 12.0 Å². The van der Waals surface area contributed by atoms with Crippen LogP contribution in [-0.4, -0.2) is 28.6 Å². The number of carbonyl (C=O) groups is 1. The summed E-state index contributed by atoms with van der Waals surface area (Å²) in [5.74, 6) is -0.430. The van der Waals surface area contributed by atoms with Crippen LogP contribution in [-0.2, 0) is 4.79 Å². The molecular weight excluding hydrogens is 254 g/mol. The first-order valence-electron chi connectivity index (χ1n) is 5.54. The van der Waals surface area contributed by atoms with Gasteiger partial charge in [-0.15, -0.1) is 0 Å². The van der Waals surface area contributed by atoms with E-state index in [2.05, 4.69) is 4.98 Å². The minimum absolute atomic E-state index is 0.0113. The van der Waals surface area contributed by atoms with Crippen LogP contribution in [0.25, 0.3) is 0 Å². The highest BCUT2D eigenvalue weighted by Crippen LogP contribution is 2.28. The fourth-order valence-corrected chi connectivity index (χ4v) is 2.01. The maximum Gasteiger partial charge on any atom is 0.305 e. The van der Waals surface area contributed by atoms with E-state index in [0.29, 0.717) is 17.9 Å². The molecule has 0 fully saturated rings. The number of carboxylic acid groups (broad SMARTS) is 1. The highest BCUT2D eigenvalue weighted by molar-refractivity contribution is 6.34. The molecule has 5 nitrogen and oxygen atoms in total. The van der Waals surface area contributed by atoms with Gasteiger partial charge in [-0.1, -0.05) is 11.6 Å². The number of pyridine rings is 1. The molecule has 96 valence electrons. The van der Waals surface area contributed by atoms with Crippen LogP contribution >= 0.6 is 11.6 Å². The Bertz CT molecular complexity index is 485. The number of aliphatic carboxylic acids is 1. The maximum atomic E-state index is 10.7. The van der Waals surface area contributed by atoms with E-state index in [1.807, 2.05) is 13.0 Å². The summed E-state index contributed by atoms with van der Waals surface area (Å²) in [5, 5.41) is 18.0. The first kappa shape index (κ1) is 14.3. The standard InChI is InChI=1S/C12H14ClN3O2/c1-3-16(8(2)6-10(17)18)12-11(13)9(7-14)4-5-15-12/h4-5,8H,3,6H2,1-2H3,(H,17,18). The molecule has 0 saturated carbocycles. The number of hydrogen-bond donors (Lipinski definition) is 1. The van der Waals surface area contributed by atoms with Crippen molar-refractivity contribution in [1.82, 2.24) is 4.98 Å². The number of carboxylic acids is 1. The molecule has 0 aliphatic carbocycles. The van der Waals surface area contributed by atoms with Crippen molar-refractivity contribution in [2.24, 2.45) is 0 Å². The Kier molecular flexibility index (Phi) is 4.93. The highest BCUT2D eigenvalue weighted by atomic mass is 35.5. The summed E-state index contributed by atoms with van der Waals surface area (Å²) in [4.78, 5) is 16.6. The lowest BCUT2D eigenvalue weighted by Crippen LogP contribution is -2.35. The summed E-state index contributed by atoms with van der Waals surface area (Å²) in [6.07, 6.45) is 1.48. The van der Waals surface area contributed by atoms with Gasteiger partial charge >= 0.3 is 5.97 Å². The lowest BCUT2D eigenvalue weighted by Gasteiger charge is -2.28. The topological polar surface area (TPSA) is 77.2 Å². The zero-order valence-electron chi connectivity index (χ0n) is 10.2. The SMILES string of the molecule is CCN(c1nccc(C#N)c1Cl)C(C)CC(=O)O. The number of anilines is 1. The molecule has 0 bridgehead atoms. The van der Waals surface area contributed by atoms with Crippen molar-refractivity contribution in [2.75, 3.05) is 11.4 Å². The second-order valence-electron chi connectivity index (χ2n) is 3.84. The Morgan fingerprint density at radius 2 is 2.39 bits per heavy atom. The monoisotopic (exact) mass is 267 g/mol. The second kappa shape index (κ2) is 6.22. The summed E-state index contributed by atoms with van der Waals surface area (Å²) in [7, 11) is 0. The highest BCUT2D eigenvalue weighted by Gasteiger charge is 2.20. The molecule has 1 unspecified atom stereocenters. The van der Waals surface area contributed by atoms with Gasteiger partial charge in [0.2, 0.25) is 0 Å². The van der Waals surface area contributed by atoms with Crippen LogP contribution in [0.1, 0.15) is 25.8 Å². The van der Waals surface area contributed by atoms with E-state index >= 15 is 0 Å². The Balaban J connectivity index is 3.10. The van der Waals surface area contributed by atoms with E-state index in [1.54, 1.807) is 11.8 Å². The van der Waals surface area contributed by atoms with Gasteiger partial charge in [0.15, 0.2) is 0 Å². The molecule has 0 amide bonds. The van der Waals surface area contributed by atoms with E-state index in [1.165, 1.54) is 12.3 Å². The van der Waals surface area contributed by atoms with Crippen LogP contribution in [0, 0.1) is 11.3 Å². The van der Waals surface area contributed by atoms with Gasteiger partial charge in [0, 0.05) is 18.8 Å².